The van der Waals surface area contributed by atoms with Crippen LogP contribution in [-0.2, 0) is 11.2 Å². The number of hydrogen-bond donors (Lipinski definition) is 3. The van der Waals surface area contributed by atoms with Gasteiger partial charge >= 0.3 is 0 Å². The molecule has 6 rings (SSSR count). The van der Waals surface area contributed by atoms with Crippen molar-refractivity contribution in [2.45, 2.75) is 58.0 Å². The number of nitrogens with zero attached hydrogens (tertiary/aromatic N) is 6. The molecule has 0 unspecified atom stereocenters. The third kappa shape index (κ3) is 6.98. The first-order valence-corrected chi connectivity index (χ1v) is 16.7. The van der Waals surface area contributed by atoms with Crippen molar-refractivity contribution in [3.8, 4) is 11.4 Å². The Hall–Kier alpha value is -3.32. The van der Waals surface area contributed by atoms with Crippen LogP contribution in [0.1, 0.15) is 53.5 Å². The van der Waals surface area contributed by atoms with Crippen molar-refractivity contribution in [1.29, 1.82) is 0 Å². The topological polar surface area (TPSA) is 125 Å². The highest BCUT2D eigenvalue weighted by Crippen LogP contribution is 2.33. The number of anilines is 4. The third-order valence-electron chi connectivity index (χ3n) is 9.14. The van der Waals surface area contributed by atoms with Crippen molar-refractivity contribution in [1.82, 2.24) is 24.1 Å². The molecule has 0 aliphatic carbocycles. The first-order chi connectivity index (χ1) is 21.4. The van der Waals surface area contributed by atoms with Gasteiger partial charge < -0.3 is 30.9 Å². The minimum atomic E-state index is -0.638. The van der Waals surface area contributed by atoms with Crippen LogP contribution in [0.3, 0.4) is 0 Å². The third-order valence-corrected chi connectivity index (χ3v) is 9.84. The summed E-state index contributed by atoms with van der Waals surface area (Å²) in [7, 11) is 2.22. The van der Waals surface area contributed by atoms with Gasteiger partial charge in [0, 0.05) is 80.8 Å². The van der Waals surface area contributed by atoms with Crippen molar-refractivity contribution in [2.75, 3.05) is 75.1 Å². The van der Waals surface area contributed by atoms with E-state index in [4.69, 9.17) is 20.4 Å². The van der Waals surface area contributed by atoms with E-state index in [0.29, 0.717) is 42.3 Å². The number of benzene rings is 1. The van der Waals surface area contributed by atoms with Gasteiger partial charge in [-0.3, -0.25) is 9.69 Å². The number of aromatic nitrogens is 3. The van der Waals surface area contributed by atoms with Crippen LogP contribution in [0.2, 0.25) is 0 Å². The molecular weight excluding hydrogens is 574 g/mol. The molecule has 3 saturated heterocycles. The van der Waals surface area contributed by atoms with Crippen LogP contribution < -0.4 is 21.3 Å². The molecule has 11 nitrogen and oxygen atoms in total. The predicted molar refractivity (Wildman–Crippen MR) is 177 cm³/mol. The van der Waals surface area contributed by atoms with Gasteiger partial charge in [0.05, 0.1) is 0 Å². The van der Waals surface area contributed by atoms with Gasteiger partial charge in [-0.05, 0) is 87.4 Å². The van der Waals surface area contributed by atoms with Gasteiger partial charge in [0.15, 0.2) is 17.3 Å². The lowest BCUT2D eigenvalue weighted by molar-refractivity contribution is 0.0904. The quantitative estimate of drug-likeness (QED) is 0.322. The number of piperazine rings is 1. The van der Waals surface area contributed by atoms with E-state index in [1.807, 2.05) is 13.0 Å². The number of nitrogens with one attached hydrogen (secondary N) is 2. The molecule has 0 saturated carbocycles. The minimum absolute atomic E-state index is 0.0938. The van der Waals surface area contributed by atoms with Gasteiger partial charge in [-0.1, -0.05) is 6.92 Å². The molecule has 3 fully saturated rings. The Bertz CT molecular complexity index is 1440. The van der Waals surface area contributed by atoms with Crippen molar-refractivity contribution in [2.24, 2.45) is 5.73 Å². The average Bonchev–Trinajstić information content (AvgIpc) is 3.48. The highest BCUT2D eigenvalue weighted by Gasteiger charge is 2.28. The Kier molecular flexibility index (Phi) is 9.60. The first kappa shape index (κ1) is 30.7. The molecule has 236 valence electrons. The van der Waals surface area contributed by atoms with E-state index < -0.39 is 5.91 Å². The molecule has 44 heavy (non-hydrogen) atoms. The Morgan fingerprint density at radius 3 is 2.43 bits per heavy atom. The van der Waals surface area contributed by atoms with Crippen molar-refractivity contribution >= 4 is 40.5 Å². The number of carbonyl (C=O) groups excluding carboxylic acids is 1. The first-order valence-electron chi connectivity index (χ1n) is 15.9. The Morgan fingerprint density at radius 1 is 1.02 bits per heavy atom. The maximum Gasteiger partial charge on any atom is 0.271 e. The maximum atomic E-state index is 12.7. The Morgan fingerprint density at radius 2 is 1.77 bits per heavy atom. The highest BCUT2D eigenvalue weighted by molar-refractivity contribution is 7.05. The molecule has 1 amide bonds. The summed E-state index contributed by atoms with van der Waals surface area (Å²) < 4.78 is 10.1. The van der Waals surface area contributed by atoms with Crippen LogP contribution in [0.4, 0.5) is 23.0 Å². The van der Waals surface area contributed by atoms with Gasteiger partial charge in [-0.25, -0.2) is 9.97 Å². The van der Waals surface area contributed by atoms with Gasteiger partial charge in [0.1, 0.15) is 11.4 Å². The van der Waals surface area contributed by atoms with Crippen LogP contribution in [0.15, 0.2) is 24.3 Å². The Labute approximate surface area is 264 Å². The summed E-state index contributed by atoms with van der Waals surface area (Å²) in [6.45, 7) is 12.4. The smallest absolute Gasteiger partial charge is 0.271 e. The van der Waals surface area contributed by atoms with Gasteiger partial charge in [-0.2, -0.15) is 4.37 Å². The van der Waals surface area contributed by atoms with Crippen LogP contribution in [0.5, 0.6) is 0 Å². The zero-order chi connectivity index (χ0) is 30.6. The largest absolute Gasteiger partial charge is 0.381 e. The summed E-state index contributed by atoms with van der Waals surface area (Å²) >= 11 is 1.39. The number of carbonyl (C=O) groups is 1. The zero-order valence-corrected chi connectivity index (χ0v) is 27.0. The molecule has 5 heterocycles. The molecule has 3 aromatic rings. The second-order valence-electron chi connectivity index (χ2n) is 12.2. The SMILES string of the molecule is CCc1cc(Nc2nc(NC3CCOCC3)c(-c3cc(C)sn3)nc2C(N)=O)ccc1N1CCC(N2CCN(C)CC2)CC1. The second kappa shape index (κ2) is 13.8. The lowest BCUT2D eigenvalue weighted by atomic mass is 10.00. The van der Waals surface area contributed by atoms with E-state index in [9.17, 15) is 4.79 Å². The summed E-state index contributed by atoms with van der Waals surface area (Å²) in [6.07, 6.45) is 5.02. The fourth-order valence-electron chi connectivity index (χ4n) is 6.54. The molecule has 1 aromatic carbocycles. The molecule has 4 N–H and O–H groups in total. The number of nitrogens with two attached hydrogens (primary N) is 1. The molecule has 0 spiro atoms. The fourth-order valence-corrected chi connectivity index (χ4v) is 7.08. The fraction of sp³-hybridized carbons (Fsp3) is 0.562. The van der Waals surface area contributed by atoms with E-state index >= 15 is 0 Å². The predicted octanol–water partition coefficient (Wildman–Crippen LogP) is 4.12. The van der Waals surface area contributed by atoms with Crippen LogP contribution in [-0.4, -0.2) is 102 Å². The molecule has 12 heteroatoms. The van der Waals surface area contributed by atoms with Crippen molar-refractivity contribution in [3.05, 3.63) is 40.4 Å². The van der Waals surface area contributed by atoms with Crippen molar-refractivity contribution in [3.63, 3.8) is 0 Å². The number of likely N-dealkylation sites (N-methyl/N-ethyl adjacent to an activating group) is 1. The molecular formula is C32H45N9O2S. The average molecular weight is 620 g/mol. The summed E-state index contributed by atoms with van der Waals surface area (Å²) in [4.78, 5) is 31.0. The summed E-state index contributed by atoms with van der Waals surface area (Å²) in [6, 6.07) is 9.26. The summed E-state index contributed by atoms with van der Waals surface area (Å²) in [5.41, 5.74) is 10.6. The van der Waals surface area contributed by atoms with E-state index in [2.05, 4.69) is 61.9 Å². The number of ether oxygens (including phenoxy) is 1. The maximum absolute atomic E-state index is 12.7. The number of primary amides is 1. The highest BCUT2D eigenvalue weighted by atomic mass is 32.1. The van der Waals surface area contributed by atoms with E-state index in [1.54, 1.807) is 0 Å². The van der Waals surface area contributed by atoms with Crippen LogP contribution in [0, 0.1) is 6.92 Å². The monoisotopic (exact) mass is 619 g/mol. The van der Waals surface area contributed by atoms with Gasteiger partial charge in [0.2, 0.25) is 0 Å². The normalized spacial score (nSPS) is 19.3. The van der Waals surface area contributed by atoms with Crippen LogP contribution in [0.25, 0.3) is 11.4 Å². The molecule has 0 bridgehead atoms. The lowest BCUT2D eigenvalue weighted by Gasteiger charge is -2.43. The van der Waals surface area contributed by atoms with Crippen LogP contribution >= 0.6 is 11.5 Å². The van der Waals surface area contributed by atoms with E-state index in [0.717, 1.165) is 56.0 Å². The van der Waals surface area contributed by atoms with Gasteiger partial charge in [0.25, 0.3) is 5.91 Å². The number of piperidine rings is 1. The van der Waals surface area contributed by atoms with E-state index in [1.165, 1.54) is 48.7 Å². The molecule has 3 aliphatic rings. The summed E-state index contributed by atoms with van der Waals surface area (Å²) in [5, 5.41) is 6.95. The molecule has 0 atom stereocenters. The number of rotatable bonds is 9. The number of aryl methyl sites for hydroxylation is 2. The number of hydrogen-bond acceptors (Lipinski definition) is 11. The number of amides is 1. The molecule has 3 aliphatic heterocycles. The lowest BCUT2D eigenvalue weighted by Crippen LogP contribution is -2.52. The van der Waals surface area contributed by atoms with Crippen molar-refractivity contribution < 1.29 is 9.53 Å². The standard InChI is InChI=1S/C32H45N9O2S/c1-4-22-20-24(5-6-27(22)41-11-7-25(8-12-41)40-15-13-39(3)14-16-40)35-32-29(30(33)42)36-28(26-19-21(2)44-38-26)31(37-32)34-23-9-17-43-18-10-23/h5-6,19-20,23,25H,4,7-18H2,1-3H3,(H2,33,42)(H2,34,35,37). The molecule has 2 aromatic heterocycles. The second-order valence-corrected chi connectivity index (χ2v) is 13.2. The Balaban J connectivity index is 1.23. The van der Waals surface area contributed by atoms with E-state index in [-0.39, 0.29) is 11.7 Å². The van der Waals surface area contributed by atoms with Gasteiger partial charge in [-0.15, -0.1) is 0 Å². The summed E-state index contributed by atoms with van der Waals surface area (Å²) in [5.74, 6) is 0.289. The zero-order valence-electron chi connectivity index (χ0n) is 26.1. The molecule has 0 radical (unpaired) electrons. The minimum Gasteiger partial charge on any atom is -0.381 e.